The van der Waals surface area contributed by atoms with Crippen LogP contribution >= 0.6 is 0 Å². The van der Waals surface area contributed by atoms with Crippen molar-refractivity contribution < 1.29 is 4.74 Å². The lowest BCUT2D eigenvalue weighted by Gasteiger charge is -2.29. The minimum atomic E-state index is -0.0973. The molecular formula is C20H20N2O. The second-order valence-electron chi connectivity index (χ2n) is 6.13. The summed E-state index contributed by atoms with van der Waals surface area (Å²) in [5.74, 6) is 0.976. The molecule has 1 aliphatic heterocycles. The molecule has 23 heavy (non-hydrogen) atoms. The molecule has 1 atom stereocenters. The maximum Gasteiger partial charge on any atom is 0.176 e. The standard InChI is InChI=1S/C20H20N2O/c1-22(2)16-10-7-15(8-11-16)20-21-13-18-17-6-4-3-5-14(17)9-12-19(18)23-20/h3-12,20-21H,13H2,1-2H3. The largest absolute Gasteiger partial charge is 0.471 e. The van der Waals surface area contributed by atoms with Gasteiger partial charge in [-0.3, -0.25) is 5.32 Å². The van der Waals surface area contributed by atoms with Gasteiger partial charge in [0.05, 0.1) is 0 Å². The minimum absolute atomic E-state index is 0.0973. The first-order valence-corrected chi connectivity index (χ1v) is 7.90. The van der Waals surface area contributed by atoms with Crippen LogP contribution < -0.4 is 15.0 Å². The van der Waals surface area contributed by atoms with Crippen molar-refractivity contribution in [1.29, 1.82) is 0 Å². The number of ether oxygens (including phenoxy) is 1. The summed E-state index contributed by atoms with van der Waals surface area (Å²) in [6, 6.07) is 21.2. The Morgan fingerprint density at radius 1 is 0.957 bits per heavy atom. The van der Waals surface area contributed by atoms with Crippen molar-refractivity contribution in [3.8, 4) is 5.75 Å². The quantitative estimate of drug-likeness (QED) is 0.772. The monoisotopic (exact) mass is 304 g/mol. The maximum atomic E-state index is 6.20. The molecule has 0 aliphatic carbocycles. The molecule has 3 aromatic rings. The molecule has 3 nitrogen and oxygen atoms in total. The molecule has 0 saturated carbocycles. The highest BCUT2D eigenvalue weighted by molar-refractivity contribution is 5.87. The average molecular weight is 304 g/mol. The summed E-state index contributed by atoms with van der Waals surface area (Å²) in [5.41, 5.74) is 3.58. The second-order valence-corrected chi connectivity index (χ2v) is 6.13. The van der Waals surface area contributed by atoms with Crippen molar-refractivity contribution in [2.24, 2.45) is 0 Å². The fourth-order valence-corrected chi connectivity index (χ4v) is 3.11. The van der Waals surface area contributed by atoms with Crippen LogP contribution in [-0.4, -0.2) is 14.1 Å². The van der Waals surface area contributed by atoms with E-state index in [2.05, 4.69) is 70.9 Å². The van der Waals surface area contributed by atoms with E-state index in [1.807, 2.05) is 14.1 Å². The van der Waals surface area contributed by atoms with Crippen molar-refractivity contribution in [1.82, 2.24) is 5.32 Å². The third-order valence-corrected chi connectivity index (χ3v) is 4.42. The van der Waals surface area contributed by atoms with Gasteiger partial charge in [-0.2, -0.15) is 0 Å². The van der Waals surface area contributed by atoms with E-state index >= 15 is 0 Å². The predicted octanol–water partition coefficient (Wildman–Crippen LogP) is 4.09. The Hall–Kier alpha value is -2.52. The van der Waals surface area contributed by atoms with E-state index in [-0.39, 0.29) is 6.23 Å². The van der Waals surface area contributed by atoms with Gasteiger partial charge >= 0.3 is 0 Å². The lowest BCUT2D eigenvalue weighted by Crippen LogP contribution is -2.30. The van der Waals surface area contributed by atoms with Gasteiger partial charge in [0, 0.05) is 37.5 Å². The van der Waals surface area contributed by atoms with Gasteiger partial charge in [0.25, 0.3) is 0 Å². The van der Waals surface area contributed by atoms with Crippen LogP contribution in [0.25, 0.3) is 10.8 Å². The van der Waals surface area contributed by atoms with Gasteiger partial charge in [0.2, 0.25) is 0 Å². The Bertz CT molecular complexity index is 840. The van der Waals surface area contributed by atoms with Crippen molar-refractivity contribution >= 4 is 16.5 Å². The van der Waals surface area contributed by atoms with Crippen LogP contribution in [0.3, 0.4) is 0 Å². The number of nitrogens with zero attached hydrogens (tertiary/aromatic N) is 1. The summed E-state index contributed by atoms with van der Waals surface area (Å²) in [6.45, 7) is 0.816. The lowest BCUT2D eigenvalue weighted by molar-refractivity contribution is 0.145. The lowest BCUT2D eigenvalue weighted by atomic mass is 10.0. The van der Waals surface area contributed by atoms with E-state index < -0.39 is 0 Å². The molecule has 0 aromatic heterocycles. The number of rotatable bonds is 2. The summed E-state index contributed by atoms with van der Waals surface area (Å²) < 4.78 is 6.20. The first kappa shape index (κ1) is 14.1. The molecule has 0 saturated heterocycles. The van der Waals surface area contributed by atoms with E-state index in [0.29, 0.717) is 0 Å². The molecule has 3 aromatic carbocycles. The SMILES string of the molecule is CN(C)c1ccc(C2NCc3c(ccc4ccccc34)O2)cc1. The summed E-state index contributed by atoms with van der Waals surface area (Å²) in [5, 5.41) is 6.01. The van der Waals surface area contributed by atoms with E-state index in [1.54, 1.807) is 0 Å². The van der Waals surface area contributed by atoms with E-state index in [0.717, 1.165) is 17.9 Å². The van der Waals surface area contributed by atoms with Gasteiger partial charge < -0.3 is 9.64 Å². The van der Waals surface area contributed by atoms with Crippen LogP contribution in [-0.2, 0) is 6.54 Å². The molecule has 1 aliphatic rings. The zero-order valence-electron chi connectivity index (χ0n) is 13.4. The number of benzene rings is 3. The molecule has 3 heteroatoms. The molecule has 1 N–H and O–H groups in total. The number of nitrogens with one attached hydrogen (secondary N) is 1. The Kier molecular flexibility index (Phi) is 3.43. The first-order valence-electron chi connectivity index (χ1n) is 7.90. The zero-order chi connectivity index (χ0) is 15.8. The highest BCUT2D eigenvalue weighted by atomic mass is 16.5. The normalized spacial score (nSPS) is 16.7. The van der Waals surface area contributed by atoms with Crippen molar-refractivity contribution in [2.45, 2.75) is 12.8 Å². The third-order valence-electron chi connectivity index (χ3n) is 4.42. The van der Waals surface area contributed by atoms with Crippen LogP contribution in [0.5, 0.6) is 5.75 Å². The maximum absolute atomic E-state index is 6.20. The number of fused-ring (bicyclic) bond motifs is 3. The van der Waals surface area contributed by atoms with Crippen molar-refractivity contribution in [3.05, 3.63) is 71.8 Å². The molecule has 0 radical (unpaired) electrons. The number of hydrogen-bond acceptors (Lipinski definition) is 3. The summed E-state index contributed by atoms with van der Waals surface area (Å²) in [6.07, 6.45) is -0.0973. The third kappa shape index (κ3) is 2.53. The molecule has 0 fully saturated rings. The second kappa shape index (κ2) is 5.60. The number of anilines is 1. The van der Waals surface area contributed by atoms with Crippen molar-refractivity contribution in [2.75, 3.05) is 19.0 Å². The van der Waals surface area contributed by atoms with Crippen LogP contribution in [0.15, 0.2) is 60.7 Å². The highest BCUT2D eigenvalue weighted by Crippen LogP contribution is 2.34. The predicted molar refractivity (Wildman–Crippen MR) is 94.9 cm³/mol. The van der Waals surface area contributed by atoms with E-state index in [4.69, 9.17) is 4.74 Å². The Balaban J connectivity index is 1.65. The smallest absolute Gasteiger partial charge is 0.176 e. The van der Waals surface area contributed by atoms with Gasteiger partial charge in [-0.1, -0.05) is 42.5 Å². The summed E-state index contributed by atoms with van der Waals surface area (Å²) in [7, 11) is 4.09. The van der Waals surface area contributed by atoms with Crippen LogP contribution in [0, 0.1) is 0 Å². The Morgan fingerprint density at radius 3 is 2.52 bits per heavy atom. The molecule has 1 unspecified atom stereocenters. The van der Waals surface area contributed by atoms with Gasteiger partial charge in [-0.15, -0.1) is 0 Å². The van der Waals surface area contributed by atoms with Crippen LogP contribution in [0.4, 0.5) is 5.69 Å². The number of hydrogen-bond donors (Lipinski definition) is 1. The van der Waals surface area contributed by atoms with Crippen LogP contribution in [0.1, 0.15) is 17.4 Å². The summed E-state index contributed by atoms with van der Waals surface area (Å²) >= 11 is 0. The van der Waals surface area contributed by atoms with E-state index in [9.17, 15) is 0 Å². The van der Waals surface area contributed by atoms with Crippen LogP contribution in [0.2, 0.25) is 0 Å². The molecule has 116 valence electrons. The fraction of sp³-hybridized carbons (Fsp3) is 0.200. The van der Waals surface area contributed by atoms with Crippen molar-refractivity contribution in [3.63, 3.8) is 0 Å². The average Bonchev–Trinajstić information content (AvgIpc) is 2.61. The van der Waals surface area contributed by atoms with Gasteiger partial charge in [0.15, 0.2) is 6.23 Å². The van der Waals surface area contributed by atoms with E-state index in [1.165, 1.54) is 22.0 Å². The molecule has 0 spiro atoms. The first-order chi connectivity index (χ1) is 11.2. The molecule has 0 bridgehead atoms. The Morgan fingerprint density at radius 2 is 1.74 bits per heavy atom. The molecular weight excluding hydrogens is 284 g/mol. The summed E-state index contributed by atoms with van der Waals surface area (Å²) in [4.78, 5) is 2.10. The molecule has 0 amide bonds. The van der Waals surface area contributed by atoms with Gasteiger partial charge in [-0.05, 0) is 29.0 Å². The minimum Gasteiger partial charge on any atom is -0.471 e. The Labute approximate surface area is 136 Å². The zero-order valence-corrected chi connectivity index (χ0v) is 13.4. The highest BCUT2D eigenvalue weighted by Gasteiger charge is 2.22. The topological polar surface area (TPSA) is 24.5 Å². The van der Waals surface area contributed by atoms with Gasteiger partial charge in [0.1, 0.15) is 5.75 Å². The fourth-order valence-electron chi connectivity index (χ4n) is 3.11. The van der Waals surface area contributed by atoms with Gasteiger partial charge in [-0.25, -0.2) is 0 Å². The molecule has 4 rings (SSSR count). The molecule has 1 heterocycles.